The van der Waals surface area contributed by atoms with Crippen LogP contribution in [0.15, 0.2) is 36.5 Å². The Kier molecular flexibility index (Phi) is 7.61. The maximum atomic E-state index is 11.4. The molecule has 2 aromatic rings. The van der Waals surface area contributed by atoms with E-state index >= 15 is 0 Å². The number of pyridine rings is 1. The maximum Gasteiger partial charge on any atom is 0.259 e. The van der Waals surface area contributed by atoms with Gasteiger partial charge in [-0.15, -0.1) is 0 Å². The molecule has 1 aromatic carbocycles. The molecule has 7 nitrogen and oxygen atoms in total. The summed E-state index contributed by atoms with van der Waals surface area (Å²) in [6.07, 6.45) is 3.17. The number of methoxy groups -OCH3 is 1. The van der Waals surface area contributed by atoms with Crippen LogP contribution in [-0.2, 0) is 4.79 Å². The molecule has 1 aliphatic heterocycles. The van der Waals surface area contributed by atoms with Crippen molar-refractivity contribution in [3.63, 3.8) is 0 Å². The zero-order chi connectivity index (χ0) is 23.3. The van der Waals surface area contributed by atoms with Gasteiger partial charge in [0.25, 0.3) is 5.88 Å². The summed E-state index contributed by atoms with van der Waals surface area (Å²) in [6, 6.07) is 9.93. The topological polar surface area (TPSA) is 81.1 Å². The largest absolute Gasteiger partial charge is 0.490 e. The second-order valence-electron chi connectivity index (χ2n) is 9.12. The van der Waals surface area contributed by atoms with Crippen LogP contribution in [0.3, 0.4) is 0 Å². The zero-order valence-electron chi connectivity index (χ0n) is 19.6. The summed E-state index contributed by atoms with van der Waals surface area (Å²) in [5, 5.41) is 9.95. The van der Waals surface area contributed by atoms with Gasteiger partial charge in [-0.25, -0.2) is 4.98 Å². The summed E-state index contributed by atoms with van der Waals surface area (Å²) in [7, 11) is 1.59. The van der Waals surface area contributed by atoms with E-state index in [0.717, 1.165) is 30.0 Å². The minimum atomic E-state index is -0.964. The molecule has 3 rings (SSSR count). The number of anilines is 1. The molecule has 0 aliphatic carbocycles. The number of carbonyl (C=O) groups excluding carboxylic acids is 1. The molecule has 174 valence electrons. The van der Waals surface area contributed by atoms with Crippen molar-refractivity contribution in [1.82, 2.24) is 4.98 Å². The van der Waals surface area contributed by atoms with E-state index in [4.69, 9.17) is 14.2 Å². The highest BCUT2D eigenvalue weighted by molar-refractivity contribution is 5.76. The molecule has 1 saturated heterocycles. The van der Waals surface area contributed by atoms with Crippen molar-refractivity contribution < 1.29 is 24.1 Å². The summed E-state index contributed by atoms with van der Waals surface area (Å²) >= 11 is 0. The van der Waals surface area contributed by atoms with Gasteiger partial charge in [0.05, 0.1) is 24.9 Å². The van der Waals surface area contributed by atoms with E-state index < -0.39 is 5.60 Å². The van der Waals surface area contributed by atoms with E-state index in [0.29, 0.717) is 24.6 Å². The number of aromatic nitrogens is 1. The van der Waals surface area contributed by atoms with E-state index in [1.807, 2.05) is 30.3 Å². The van der Waals surface area contributed by atoms with Gasteiger partial charge in [-0.05, 0) is 50.5 Å². The summed E-state index contributed by atoms with van der Waals surface area (Å²) < 4.78 is 17.5. The van der Waals surface area contributed by atoms with Crippen molar-refractivity contribution in [3.05, 3.63) is 42.1 Å². The molecule has 2 atom stereocenters. The minimum absolute atomic E-state index is 0.0501. The van der Waals surface area contributed by atoms with Gasteiger partial charge in [0.2, 0.25) is 5.75 Å². The monoisotopic (exact) mass is 442 g/mol. The van der Waals surface area contributed by atoms with Gasteiger partial charge in [-0.1, -0.05) is 19.1 Å². The van der Waals surface area contributed by atoms with E-state index in [9.17, 15) is 9.90 Å². The van der Waals surface area contributed by atoms with Crippen molar-refractivity contribution in [2.45, 2.75) is 58.2 Å². The molecule has 1 N–H and O–H groups in total. The van der Waals surface area contributed by atoms with Crippen LogP contribution in [0.4, 0.5) is 5.69 Å². The van der Waals surface area contributed by atoms with Gasteiger partial charge in [0.1, 0.15) is 24.2 Å². The number of Topliss-reactive ketones (excluding diaryl/α,β-unsaturated/α-hetero) is 1. The van der Waals surface area contributed by atoms with Crippen LogP contribution in [0.5, 0.6) is 17.4 Å². The fraction of sp³-hybridized carbons (Fsp3) is 0.520. The van der Waals surface area contributed by atoms with Crippen molar-refractivity contribution in [1.29, 1.82) is 0 Å². The third kappa shape index (κ3) is 6.36. The highest BCUT2D eigenvalue weighted by atomic mass is 16.5. The Morgan fingerprint density at radius 3 is 2.62 bits per heavy atom. The number of ketones is 1. The Bertz CT molecular complexity index is 908. The Morgan fingerprint density at radius 2 is 2.00 bits per heavy atom. The van der Waals surface area contributed by atoms with Gasteiger partial charge in [-0.3, -0.25) is 0 Å². The van der Waals surface area contributed by atoms with E-state index in [2.05, 4.69) is 16.8 Å². The van der Waals surface area contributed by atoms with Crippen molar-refractivity contribution in [2.24, 2.45) is 0 Å². The number of nitrogens with zero attached hydrogens (tertiary/aromatic N) is 2. The minimum Gasteiger partial charge on any atom is -0.490 e. The highest BCUT2D eigenvalue weighted by Gasteiger charge is 2.28. The Morgan fingerprint density at radius 1 is 1.28 bits per heavy atom. The molecule has 0 spiro atoms. The number of ether oxygens (including phenoxy) is 3. The zero-order valence-corrected chi connectivity index (χ0v) is 19.6. The standard InChI is InChI=1S/C25H34N2O5/c1-17(14-18(2)28)19-6-8-20(9-7-19)32-21-11-13-27(15-21)22-10-12-26-24(23(22)30-5)31-16-25(3,4)29/h6-10,12,17,21,29H,11,13-16H2,1-5H3/t17-,21-/m1/s1. The fourth-order valence-corrected chi connectivity index (χ4v) is 3.87. The average Bonchev–Trinajstić information content (AvgIpc) is 3.19. The van der Waals surface area contributed by atoms with E-state index in [-0.39, 0.29) is 24.4 Å². The lowest BCUT2D eigenvalue weighted by molar-refractivity contribution is -0.117. The second-order valence-corrected chi connectivity index (χ2v) is 9.12. The first-order valence-electron chi connectivity index (χ1n) is 11.1. The molecule has 32 heavy (non-hydrogen) atoms. The number of benzene rings is 1. The first-order valence-corrected chi connectivity index (χ1v) is 11.1. The highest BCUT2D eigenvalue weighted by Crippen LogP contribution is 2.38. The Hall–Kier alpha value is -2.80. The van der Waals surface area contributed by atoms with Crippen LogP contribution >= 0.6 is 0 Å². The lowest BCUT2D eigenvalue weighted by atomic mass is 9.96. The van der Waals surface area contributed by atoms with Gasteiger partial charge in [0, 0.05) is 25.6 Å². The molecule has 7 heteroatoms. The molecule has 0 amide bonds. The molecule has 0 bridgehead atoms. The average molecular weight is 443 g/mol. The van der Waals surface area contributed by atoms with Gasteiger partial charge >= 0.3 is 0 Å². The SMILES string of the molecule is COc1c(N2CC[C@@H](Oc3ccc([C@H](C)CC(C)=O)cc3)C2)ccnc1OCC(C)(C)O. The number of aliphatic hydroxyl groups is 1. The van der Waals surface area contributed by atoms with Gasteiger partial charge in [-0.2, -0.15) is 0 Å². The van der Waals surface area contributed by atoms with Gasteiger partial charge in [0.15, 0.2) is 0 Å². The van der Waals surface area contributed by atoms with Crippen LogP contribution in [-0.4, -0.2) is 54.4 Å². The second kappa shape index (κ2) is 10.2. The third-order valence-electron chi connectivity index (χ3n) is 5.45. The first kappa shape index (κ1) is 23.9. The summed E-state index contributed by atoms with van der Waals surface area (Å²) in [4.78, 5) is 17.8. The molecule has 0 unspecified atom stereocenters. The smallest absolute Gasteiger partial charge is 0.259 e. The van der Waals surface area contributed by atoms with E-state index in [1.165, 1.54) is 0 Å². The van der Waals surface area contributed by atoms with Crippen molar-refractivity contribution >= 4 is 11.5 Å². The molecule has 0 radical (unpaired) electrons. The first-order chi connectivity index (χ1) is 15.2. The number of rotatable bonds is 10. The molecule has 1 aliphatic rings. The normalized spacial score (nSPS) is 17.2. The molecular weight excluding hydrogens is 408 g/mol. The van der Waals surface area contributed by atoms with Crippen molar-refractivity contribution in [2.75, 3.05) is 31.7 Å². The molecule has 2 heterocycles. The summed E-state index contributed by atoms with van der Waals surface area (Å²) in [5.74, 6) is 2.15. The summed E-state index contributed by atoms with van der Waals surface area (Å²) in [6.45, 7) is 8.71. The predicted octanol–water partition coefficient (Wildman–Crippen LogP) is 3.98. The number of hydrogen-bond acceptors (Lipinski definition) is 7. The van der Waals surface area contributed by atoms with Crippen LogP contribution in [0.2, 0.25) is 0 Å². The number of hydrogen-bond donors (Lipinski definition) is 1. The molecule has 0 saturated carbocycles. The Labute approximate surface area is 190 Å². The maximum absolute atomic E-state index is 11.4. The number of carbonyl (C=O) groups is 1. The summed E-state index contributed by atoms with van der Waals surface area (Å²) in [5.41, 5.74) is 1.07. The predicted molar refractivity (Wildman–Crippen MR) is 124 cm³/mol. The Balaban J connectivity index is 1.63. The quantitative estimate of drug-likeness (QED) is 0.596. The van der Waals surface area contributed by atoms with Crippen LogP contribution in [0.25, 0.3) is 0 Å². The third-order valence-corrected chi connectivity index (χ3v) is 5.45. The molecular formula is C25H34N2O5. The van der Waals surface area contributed by atoms with Crippen LogP contribution in [0, 0.1) is 0 Å². The van der Waals surface area contributed by atoms with Gasteiger partial charge < -0.3 is 29.0 Å². The molecule has 1 fully saturated rings. The van der Waals surface area contributed by atoms with Crippen molar-refractivity contribution in [3.8, 4) is 17.4 Å². The molecule has 1 aromatic heterocycles. The lowest BCUT2D eigenvalue weighted by Crippen LogP contribution is -2.28. The van der Waals surface area contributed by atoms with E-state index in [1.54, 1.807) is 34.1 Å². The lowest BCUT2D eigenvalue weighted by Gasteiger charge is -2.23. The fourth-order valence-electron chi connectivity index (χ4n) is 3.87. The van der Waals surface area contributed by atoms with Crippen LogP contribution in [0.1, 0.15) is 52.0 Å². The van der Waals surface area contributed by atoms with Crippen LogP contribution < -0.4 is 19.1 Å².